The first kappa shape index (κ1) is 10.2. The zero-order valence-corrected chi connectivity index (χ0v) is 9.16. The maximum absolute atomic E-state index is 13.0. The van der Waals surface area contributed by atoms with Crippen molar-refractivity contribution >= 4 is 34.2 Å². The SMILES string of the molecule is CC(Cl)c1c(I)ccc(F)c1F. The van der Waals surface area contributed by atoms with Gasteiger partial charge in [0.2, 0.25) is 0 Å². The van der Waals surface area contributed by atoms with Crippen LogP contribution in [0.3, 0.4) is 0 Å². The van der Waals surface area contributed by atoms with Crippen LogP contribution in [-0.2, 0) is 0 Å². The summed E-state index contributed by atoms with van der Waals surface area (Å²) in [5.74, 6) is -1.69. The zero-order chi connectivity index (χ0) is 9.30. The molecule has 1 atom stereocenters. The van der Waals surface area contributed by atoms with Crippen LogP contribution in [0.5, 0.6) is 0 Å². The molecule has 0 amide bonds. The third-order valence-electron chi connectivity index (χ3n) is 1.48. The number of hydrogen-bond acceptors (Lipinski definition) is 0. The molecule has 0 fully saturated rings. The van der Waals surface area contributed by atoms with Gasteiger partial charge in [-0.1, -0.05) is 0 Å². The third-order valence-corrected chi connectivity index (χ3v) is 2.64. The lowest BCUT2D eigenvalue weighted by Crippen LogP contribution is -1.98. The van der Waals surface area contributed by atoms with Gasteiger partial charge in [-0.15, -0.1) is 11.6 Å². The first-order valence-corrected chi connectivity index (χ1v) is 4.83. The second-order valence-electron chi connectivity index (χ2n) is 2.37. The van der Waals surface area contributed by atoms with Crippen LogP contribution in [-0.4, -0.2) is 0 Å². The van der Waals surface area contributed by atoms with E-state index in [0.717, 1.165) is 6.07 Å². The normalized spacial score (nSPS) is 13.1. The molecule has 1 unspecified atom stereocenters. The summed E-state index contributed by atoms with van der Waals surface area (Å²) in [5, 5.41) is -0.507. The van der Waals surface area contributed by atoms with Crippen molar-refractivity contribution in [2.45, 2.75) is 12.3 Å². The fourth-order valence-electron chi connectivity index (χ4n) is 0.907. The summed E-state index contributed by atoms with van der Waals surface area (Å²) < 4.78 is 26.4. The van der Waals surface area contributed by atoms with Crippen molar-refractivity contribution in [2.75, 3.05) is 0 Å². The first-order chi connectivity index (χ1) is 5.54. The summed E-state index contributed by atoms with van der Waals surface area (Å²) in [7, 11) is 0. The summed E-state index contributed by atoms with van der Waals surface area (Å²) in [6, 6.07) is 2.60. The van der Waals surface area contributed by atoms with Gasteiger partial charge in [0.25, 0.3) is 0 Å². The summed E-state index contributed by atoms with van der Waals surface area (Å²) in [4.78, 5) is 0. The second kappa shape index (κ2) is 3.87. The van der Waals surface area contributed by atoms with Gasteiger partial charge in [0.15, 0.2) is 11.6 Å². The first-order valence-electron chi connectivity index (χ1n) is 3.31. The standard InChI is InChI=1S/C8H6ClF2I/c1-4(9)7-6(12)3-2-5(10)8(7)11/h2-4H,1H3. The lowest BCUT2D eigenvalue weighted by atomic mass is 10.1. The molecule has 66 valence electrons. The van der Waals surface area contributed by atoms with Crippen LogP contribution in [0.4, 0.5) is 8.78 Å². The van der Waals surface area contributed by atoms with Gasteiger partial charge in [-0.2, -0.15) is 0 Å². The Morgan fingerprint density at radius 1 is 1.42 bits per heavy atom. The maximum atomic E-state index is 13.0. The minimum Gasteiger partial charge on any atom is -0.204 e. The van der Waals surface area contributed by atoms with E-state index in [9.17, 15) is 8.78 Å². The Kier molecular flexibility index (Phi) is 3.29. The Bertz CT molecular complexity index is 299. The van der Waals surface area contributed by atoms with Crippen LogP contribution in [0.15, 0.2) is 12.1 Å². The average Bonchev–Trinajstić information content (AvgIpc) is 1.97. The number of rotatable bonds is 1. The molecule has 0 saturated carbocycles. The quantitative estimate of drug-likeness (QED) is 0.420. The molecule has 1 aromatic carbocycles. The molecular formula is C8H6ClF2I. The van der Waals surface area contributed by atoms with Crippen LogP contribution in [0.1, 0.15) is 17.9 Å². The van der Waals surface area contributed by atoms with Crippen molar-refractivity contribution in [2.24, 2.45) is 0 Å². The fourth-order valence-corrected chi connectivity index (χ4v) is 2.19. The molecular weight excluding hydrogens is 296 g/mol. The molecule has 12 heavy (non-hydrogen) atoms. The van der Waals surface area contributed by atoms with Crippen molar-refractivity contribution in [3.8, 4) is 0 Å². The Labute approximate surface area is 88.1 Å². The molecule has 0 N–H and O–H groups in total. The predicted octanol–water partition coefficient (Wildman–Crippen LogP) is 3.87. The number of alkyl halides is 1. The molecule has 0 saturated heterocycles. The van der Waals surface area contributed by atoms with E-state index in [-0.39, 0.29) is 5.56 Å². The molecule has 0 nitrogen and oxygen atoms in total. The second-order valence-corrected chi connectivity index (χ2v) is 4.19. The van der Waals surface area contributed by atoms with E-state index in [1.807, 2.05) is 22.6 Å². The topological polar surface area (TPSA) is 0 Å². The summed E-state index contributed by atoms with van der Waals surface area (Å²) in [6.07, 6.45) is 0. The monoisotopic (exact) mass is 302 g/mol. The smallest absolute Gasteiger partial charge is 0.164 e. The number of benzene rings is 1. The Hall–Kier alpha value is 0.100. The summed E-state index contributed by atoms with van der Waals surface area (Å²) >= 11 is 7.60. The van der Waals surface area contributed by atoms with Gasteiger partial charge in [0.05, 0.1) is 5.38 Å². The van der Waals surface area contributed by atoms with Crippen LogP contribution in [0.25, 0.3) is 0 Å². The van der Waals surface area contributed by atoms with E-state index >= 15 is 0 Å². The molecule has 1 aromatic rings. The molecule has 0 aliphatic heterocycles. The highest BCUT2D eigenvalue weighted by molar-refractivity contribution is 14.1. The fraction of sp³-hybridized carbons (Fsp3) is 0.250. The Morgan fingerprint density at radius 2 is 2.00 bits per heavy atom. The van der Waals surface area contributed by atoms with Gasteiger partial charge < -0.3 is 0 Å². The number of halogens is 4. The van der Waals surface area contributed by atoms with E-state index in [4.69, 9.17) is 11.6 Å². The predicted molar refractivity (Wildman–Crippen MR) is 53.3 cm³/mol. The third kappa shape index (κ3) is 1.88. The highest BCUT2D eigenvalue weighted by Crippen LogP contribution is 2.28. The van der Waals surface area contributed by atoms with Crippen molar-refractivity contribution in [1.29, 1.82) is 0 Å². The van der Waals surface area contributed by atoms with Gasteiger partial charge >= 0.3 is 0 Å². The van der Waals surface area contributed by atoms with Gasteiger partial charge in [0.1, 0.15) is 0 Å². The maximum Gasteiger partial charge on any atom is 0.164 e. The van der Waals surface area contributed by atoms with Crippen molar-refractivity contribution < 1.29 is 8.78 Å². The lowest BCUT2D eigenvalue weighted by Gasteiger charge is -2.07. The van der Waals surface area contributed by atoms with Crippen LogP contribution in [0.2, 0.25) is 0 Å². The van der Waals surface area contributed by atoms with Crippen molar-refractivity contribution in [1.82, 2.24) is 0 Å². The van der Waals surface area contributed by atoms with Crippen LogP contribution in [0, 0.1) is 15.2 Å². The minimum absolute atomic E-state index is 0.234. The Balaban J connectivity index is 3.33. The molecule has 0 aromatic heterocycles. The molecule has 0 heterocycles. The molecule has 1 rings (SSSR count). The highest BCUT2D eigenvalue weighted by Gasteiger charge is 2.15. The van der Waals surface area contributed by atoms with Gasteiger partial charge in [-0.3, -0.25) is 0 Å². The zero-order valence-electron chi connectivity index (χ0n) is 6.24. The van der Waals surface area contributed by atoms with Crippen molar-refractivity contribution in [3.63, 3.8) is 0 Å². The largest absolute Gasteiger partial charge is 0.204 e. The van der Waals surface area contributed by atoms with Crippen LogP contribution < -0.4 is 0 Å². The minimum atomic E-state index is -0.849. The molecule has 0 aliphatic carbocycles. The number of hydrogen-bond donors (Lipinski definition) is 0. The van der Waals surface area contributed by atoms with E-state index < -0.39 is 17.0 Å². The molecule has 0 radical (unpaired) electrons. The summed E-state index contributed by atoms with van der Waals surface area (Å²) in [6.45, 7) is 1.61. The molecule has 4 heteroatoms. The van der Waals surface area contributed by atoms with E-state index in [0.29, 0.717) is 3.57 Å². The lowest BCUT2D eigenvalue weighted by molar-refractivity contribution is 0.498. The van der Waals surface area contributed by atoms with E-state index in [2.05, 4.69) is 0 Å². The van der Waals surface area contributed by atoms with Crippen LogP contribution >= 0.6 is 34.2 Å². The van der Waals surface area contributed by atoms with Gasteiger partial charge in [-0.05, 0) is 41.6 Å². The Morgan fingerprint density at radius 3 is 2.42 bits per heavy atom. The molecule has 0 spiro atoms. The highest BCUT2D eigenvalue weighted by atomic mass is 127. The van der Waals surface area contributed by atoms with Crippen molar-refractivity contribution in [3.05, 3.63) is 32.9 Å². The molecule has 0 bridgehead atoms. The molecule has 0 aliphatic rings. The van der Waals surface area contributed by atoms with Gasteiger partial charge in [-0.25, -0.2) is 8.78 Å². The van der Waals surface area contributed by atoms with E-state index in [1.54, 1.807) is 6.92 Å². The van der Waals surface area contributed by atoms with Gasteiger partial charge in [0, 0.05) is 9.13 Å². The van der Waals surface area contributed by atoms with E-state index in [1.165, 1.54) is 6.07 Å². The summed E-state index contributed by atoms with van der Waals surface area (Å²) in [5.41, 5.74) is 0.234. The average molecular weight is 302 g/mol.